The van der Waals surface area contributed by atoms with E-state index < -0.39 is 10.0 Å². The van der Waals surface area contributed by atoms with Crippen LogP contribution in [0.3, 0.4) is 0 Å². The van der Waals surface area contributed by atoms with Gasteiger partial charge in [-0.1, -0.05) is 5.16 Å². The molecule has 0 aliphatic carbocycles. The number of aromatic nitrogens is 2. The Morgan fingerprint density at radius 3 is 2.79 bits per heavy atom. The third kappa shape index (κ3) is 2.65. The van der Waals surface area contributed by atoms with E-state index >= 15 is 0 Å². The summed E-state index contributed by atoms with van der Waals surface area (Å²) in [7, 11) is -3.11. The molecule has 1 aromatic heterocycles. The first-order valence-electron chi connectivity index (χ1n) is 6.31. The van der Waals surface area contributed by atoms with Crippen molar-refractivity contribution < 1.29 is 17.7 Å². The largest absolute Gasteiger partial charge is 0.373 e. The van der Waals surface area contributed by atoms with Crippen LogP contribution in [-0.2, 0) is 21.2 Å². The van der Waals surface area contributed by atoms with E-state index in [0.29, 0.717) is 31.2 Å². The van der Waals surface area contributed by atoms with Crippen molar-refractivity contribution in [3.8, 4) is 0 Å². The summed E-state index contributed by atoms with van der Waals surface area (Å²) in [4.78, 5) is 4.16. The van der Waals surface area contributed by atoms with Gasteiger partial charge in [0, 0.05) is 19.0 Å². The monoisotopic (exact) mass is 287 g/mol. The molecule has 0 bridgehead atoms. The van der Waals surface area contributed by atoms with Crippen LogP contribution in [0.5, 0.6) is 0 Å². The van der Waals surface area contributed by atoms with Gasteiger partial charge < -0.3 is 9.26 Å². The second-order valence-corrected chi connectivity index (χ2v) is 7.29. The number of rotatable bonds is 3. The number of aryl methyl sites for hydroxylation is 1. The fourth-order valence-corrected chi connectivity index (χ4v) is 3.72. The summed E-state index contributed by atoms with van der Waals surface area (Å²) in [6.07, 6.45) is 2.75. The lowest BCUT2D eigenvalue weighted by Crippen LogP contribution is -2.30. The number of nitrogens with zero attached hydrogens (tertiary/aromatic N) is 3. The molecule has 0 saturated carbocycles. The molecule has 0 amide bonds. The van der Waals surface area contributed by atoms with Gasteiger partial charge in [-0.3, -0.25) is 0 Å². The van der Waals surface area contributed by atoms with Crippen LogP contribution in [0.2, 0.25) is 0 Å². The van der Waals surface area contributed by atoms with Crippen molar-refractivity contribution in [3.63, 3.8) is 0 Å². The topological polar surface area (TPSA) is 85.5 Å². The van der Waals surface area contributed by atoms with Crippen molar-refractivity contribution in [3.05, 3.63) is 11.7 Å². The zero-order chi connectivity index (χ0) is 13.6. The van der Waals surface area contributed by atoms with Crippen molar-refractivity contribution in [1.29, 1.82) is 0 Å². The molecule has 0 N–H and O–H groups in total. The lowest BCUT2D eigenvalue weighted by molar-refractivity contribution is 0.0401. The molecule has 2 fully saturated rings. The summed E-state index contributed by atoms with van der Waals surface area (Å²) in [5.74, 6) is 1.49. The van der Waals surface area contributed by atoms with Gasteiger partial charge in [-0.25, -0.2) is 8.42 Å². The highest BCUT2D eigenvalue weighted by Crippen LogP contribution is 2.34. The maximum atomic E-state index is 11.5. The number of hydrogen-bond donors (Lipinski definition) is 0. The van der Waals surface area contributed by atoms with Crippen LogP contribution >= 0.6 is 0 Å². The van der Waals surface area contributed by atoms with Crippen LogP contribution in [0.1, 0.15) is 18.1 Å². The fourth-order valence-electron chi connectivity index (χ4n) is 2.84. The van der Waals surface area contributed by atoms with Crippen molar-refractivity contribution in [2.24, 2.45) is 5.92 Å². The Hall–Kier alpha value is -0.990. The van der Waals surface area contributed by atoms with Crippen LogP contribution < -0.4 is 0 Å². The Kier molecular flexibility index (Phi) is 3.11. The van der Waals surface area contributed by atoms with Gasteiger partial charge in [0.15, 0.2) is 5.82 Å². The molecule has 7 nitrogen and oxygen atoms in total. The molecule has 106 valence electrons. The average Bonchev–Trinajstić information content (AvgIpc) is 2.91. The molecule has 0 spiro atoms. The molecule has 2 aliphatic heterocycles. The zero-order valence-corrected chi connectivity index (χ0v) is 11.8. The lowest BCUT2D eigenvalue weighted by Gasteiger charge is -2.16. The fraction of sp³-hybridized carbons (Fsp3) is 0.818. The van der Waals surface area contributed by atoms with E-state index in [-0.39, 0.29) is 18.1 Å². The molecule has 3 rings (SSSR count). The predicted molar refractivity (Wildman–Crippen MR) is 65.9 cm³/mol. The van der Waals surface area contributed by atoms with Gasteiger partial charge in [0.25, 0.3) is 0 Å². The van der Waals surface area contributed by atoms with Crippen LogP contribution in [0.15, 0.2) is 4.52 Å². The normalized spacial score (nSPS) is 31.8. The van der Waals surface area contributed by atoms with Gasteiger partial charge in [0.05, 0.1) is 24.9 Å². The molecule has 3 atom stereocenters. The van der Waals surface area contributed by atoms with Gasteiger partial charge in [0.2, 0.25) is 15.9 Å². The van der Waals surface area contributed by atoms with Crippen LogP contribution in [-0.4, -0.2) is 54.4 Å². The minimum Gasteiger partial charge on any atom is -0.373 e. The van der Waals surface area contributed by atoms with Crippen molar-refractivity contribution >= 4 is 10.0 Å². The number of ether oxygens (including phenoxy) is 1. The van der Waals surface area contributed by atoms with Gasteiger partial charge in [-0.15, -0.1) is 0 Å². The number of hydrogen-bond acceptors (Lipinski definition) is 6. The number of sulfonamides is 1. The third-order valence-corrected chi connectivity index (χ3v) is 4.96. The number of fused-ring (bicyclic) bond motifs is 1. The van der Waals surface area contributed by atoms with E-state index in [2.05, 4.69) is 10.1 Å². The quantitative estimate of drug-likeness (QED) is 0.776. The van der Waals surface area contributed by atoms with E-state index in [9.17, 15) is 8.42 Å². The van der Waals surface area contributed by atoms with E-state index in [4.69, 9.17) is 9.26 Å². The molecule has 2 saturated heterocycles. The first-order valence-corrected chi connectivity index (χ1v) is 8.16. The smallest absolute Gasteiger partial charge is 0.229 e. The summed E-state index contributed by atoms with van der Waals surface area (Å²) in [6, 6.07) is 0. The van der Waals surface area contributed by atoms with Gasteiger partial charge in [0.1, 0.15) is 0 Å². The van der Waals surface area contributed by atoms with Gasteiger partial charge in [-0.05, 0) is 13.3 Å². The summed E-state index contributed by atoms with van der Waals surface area (Å²) in [5.41, 5.74) is 0. The summed E-state index contributed by atoms with van der Waals surface area (Å²) in [5, 5.41) is 3.75. The Morgan fingerprint density at radius 2 is 2.21 bits per heavy atom. The minimum absolute atomic E-state index is 0.00347. The standard InChI is InChI=1S/C11H17N3O4S/c1-7-12-11(18-13-7)4-9-3-8-5-14(19(2,15)16)6-10(8)17-9/h8-10H,3-6H2,1-2H3/t8-,9+,10+/m1/s1. The molecule has 2 aliphatic rings. The van der Waals surface area contributed by atoms with Crippen LogP contribution in [0.4, 0.5) is 0 Å². The summed E-state index contributed by atoms with van der Waals surface area (Å²) < 4.78 is 35.4. The molecule has 19 heavy (non-hydrogen) atoms. The van der Waals surface area contributed by atoms with Crippen molar-refractivity contribution in [2.45, 2.75) is 32.0 Å². The first-order chi connectivity index (χ1) is 8.91. The van der Waals surface area contributed by atoms with E-state index in [1.54, 1.807) is 6.92 Å². The zero-order valence-electron chi connectivity index (χ0n) is 10.9. The maximum absolute atomic E-state index is 11.5. The highest BCUT2D eigenvalue weighted by atomic mass is 32.2. The SMILES string of the molecule is Cc1noc(C[C@@H]2C[C@@H]3CN(S(C)(=O)=O)C[C@@H]3O2)n1. The predicted octanol–water partition coefficient (Wildman–Crippen LogP) is -0.0306. The van der Waals surface area contributed by atoms with Crippen LogP contribution in [0, 0.1) is 12.8 Å². The Labute approximate surface area is 112 Å². The lowest BCUT2D eigenvalue weighted by atomic mass is 10.0. The third-order valence-electron chi connectivity index (χ3n) is 3.72. The second-order valence-electron chi connectivity index (χ2n) is 5.31. The van der Waals surface area contributed by atoms with Crippen LogP contribution in [0.25, 0.3) is 0 Å². The Balaban J connectivity index is 1.59. The Morgan fingerprint density at radius 1 is 1.42 bits per heavy atom. The van der Waals surface area contributed by atoms with Gasteiger partial charge >= 0.3 is 0 Å². The molecule has 0 unspecified atom stereocenters. The molecule has 0 aromatic carbocycles. The molecular weight excluding hydrogens is 270 g/mol. The molecular formula is C11H17N3O4S. The average molecular weight is 287 g/mol. The molecule has 8 heteroatoms. The maximum Gasteiger partial charge on any atom is 0.229 e. The summed E-state index contributed by atoms with van der Waals surface area (Å²) in [6.45, 7) is 2.80. The van der Waals surface area contributed by atoms with Crippen molar-refractivity contribution in [2.75, 3.05) is 19.3 Å². The van der Waals surface area contributed by atoms with Gasteiger partial charge in [-0.2, -0.15) is 9.29 Å². The molecule has 0 radical (unpaired) electrons. The highest BCUT2D eigenvalue weighted by Gasteiger charge is 2.44. The minimum atomic E-state index is -3.11. The van der Waals surface area contributed by atoms with Crippen molar-refractivity contribution in [1.82, 2.24) is 14.4 Å². The Bertz CT molecular complexity index is 556. The van der Waals surface area contributed by atoms with E-state index in [1.807, 2.05) is 0 Å². The molecule has 3 heterocycles. The second kappa shape index (κ2) is 4.53. The van der Waals surface area contributed by atoms with E-state index in [0.717, 1.165) is 6.42 Å². The van der Waals surface area contributed by atoms with E-state index in [1.165, 1.54) is 10.6 Å². The molecule has 1 aromatic rings. The highest BCUT2D eigenvalue weighted by molar-refractivity contribution is 7.88. The first kappa shape index (κ1) is 13.0. The summed E-state index contributed by atoms with van der Waals surface area (Å²) >= 11 is 0.